The fraction of sp³-hybridized carbons (Fsp3) is 0. The maximum atomic E-state index is 5.31. The molecule has 11 rings (SSSR count). The molecule has 0 amide bonds. The van der Waals surface area contributed by atoms with Gasteiger partial charge in [-0.3, -0.25) is 0 Å². The lowest BCUT2D eigenvalue weighted by molar-refractivity contribution is 1.18. The molecule has 0 saturated carbocycles. The Labute approximate surface area is 330 Å². The summed E-state index contributed by atoms with van der Waals surface area (Å²) < 4.78 is 2.38. The molecule has 0 atom stereocenters. The zero-order valence-corrected chi connectivity index (χ0v) is 31.0. The van der Waals surface area contributed by atoms with Crippen molar-refractivity contribution in [3.8, 4) is 61.8 Å². The average Bonchev–Trinajstić information content (AvgIpc) is 3.63. The van der Waals surface area contributed by atoms with E-state index >= 15 is 0 Å². The molecule has 0 aliphatic carbocycles. The second-order valence-electron chi connectivity index (χ2n) is 14.5. The van der Waals surface area contributed by atoms with Gasteiger partial charge in [0.05, 0.1) is 22.4 Å². The van der Waals surface area contributed by atoms with E-state index in [1.807, 2.05) is 18.2 Å². The molecule has 2 heterocycles. The van der Waals surface area contributed by atoms with Crippen molar-refractivity contribution < 1.29 is 0 Å². The Morgan fingerprint density at radius 3 is 1.53 bits per heavy atom. The first-order valence-corrected chi connectivity index (χ1v) is 19.4. The van der Waals surface area contributed by atoms with Gasteiger partial charge in [-0.25, -0.2) is 9.97 Å². The summed E-state index contributed by atoms with van der Waals surface area (Å²) >= 11 is 0. The molecule has 2 aromatic heterocycles. The predicted octanol–water partition coefficient (Wildman–Crippen LogP) is 14.2. The highest BCUT2D eigenvalue weighted by atomic mass is 15.0. The van der Waals surface area contributed by atoms with Crippen LogP contribution >= 0.6 is 0 Å². The maximum absolute atomic E-state index is 5.31. The van der Waals surface area contributed by atoms with E-state index in [1.165, 1.54) is 49.1 Å². The van der Waals surface area contributed by atoms with Crippen LogP contribution in [-0.4, -0.2) is 14.5 Å². The number of benzene rings is 9. The molecule has 3 heteroatoms. The van der Waals surface area contributed by atoms with Gasteiger partial charge in [0.2, 0.25) is 0 Å². The Bertz CT molecular complexity index is 3240. The summed E-state index contributed by atoms with van der Waals surface area (Å²) in [4.78, 5) is 10.6. The van der Waals surface area contributed by atoms with Crippen LogP contribution in [0.25, 0.3) is 105 Å². The van der Waals surface area contributed by atoms with Gasteiger partial charge < -0.3 is 4.57 Å². The molecule has 0 saturated heterocycles. The number of hydrogen-bond donors (Lipinski definition) is 0. The molecule has 0 radical (unpaired) electrons. The maximum Gasteiger partial charge on any atom is 0.160 e. The van der Waals surface area contributed by atoms with Crippen LogP contribution in [0, 0.1) is 0 Å². The van der Waals surface area contributed by atoms with E-state index in [0.29, 0.717) is 5.82 Å². The largest absolute Gasteiger partial charge is 0.309 e. The summed E-state index contributed by atoms with van der Waals surface area (Å²) in [5.74, 6) is 0.697. The Morgan fingerprint density at radius 1 is 0.316 bits per heavy atom. The molecular weight excluding hydrogens is 691 g/mol. The van der Waals surface area contributed by atoms with Crippen LogP contribution in [0.1, 0.15) is 0 Å². The minimum absolute atomic E-state index is 0.697. The first kappa shape index (κ1) is 32.8. The van der Waals surface area contributed by atoms with Gasteiger partial charge in [0, 0.05) is 33.2 Å². The molecule has 57 heavy (non-hydrogen) atoms. The molecule has 3 nitrogen and oxygen atoms in total. The highest BCUT2D eigenvalue weighted by Crippen LogP contribution is 2.42. The van der Waals surface area contributed by atoms with Crippen molar-refractivity contribution in [2.45, 2.75) is 0 Å². The quantitative estimate of drug-likeness (QED) is 0.171. The van der Waals surface area contributed by atoms with Gasteiger partial charge in [-0.15, -0.1) is 0 Å². The van der Waals surface area contributed by atoms with Crippen LogP contribution in [0.5, 0.6) is 0 Å². The van der Waals surface area contributed by atoms with Crippen LogP contribution in [-0.2, 0) is 0 Å². The number of fused-ring (bicyclic) bond motifs is 5. The minimum Gasteiger partial charge on any atom is -0.309 e. The smallest absolute Gasteiger partial charge is 0.160 e. The van der Waals surface area contributed by atoms with E-state index < -0.39 is 0 Å². The van der Waals surface area contributed by atoms with Gasteiger partial charge >= 0.3 is 0 Å². The predicted molar refractivity (Wildman–Crippen MR) is 239 cm³/mol. The summed E-state index contributed by atoms with van der Waals surface area (Å²) in [5, 5.41) is 7.22. The molecule has 0 fully saturated rings. The molecule has 0 N–H and O–H groups in total. The Balaban J connectivity index is 1.11. The van der Waals surface area contributed by atoms with Crippen molar-refractivity contribution in [1.82, 2.24) is 14.5 Å². The molecule has 9 aromatic carbocycles. The van der Waals surface area contributed by atoms with E-state index in [-0.39, 0.29) is 0 Å². The van der Waals surface area contributed by atoms with Crippen molar-refractivity contribution in [3.05, 3.63) is 212 Å². The lowest BCUT2D eigenvalue weighted by atomic mass is 9.90. The molecule has 0 aliphatic rings. The second-order valence-corrected chi connectivity index (χ2v) is 14.5. The molecule has 11 aromatic rings. The minimum atomic E-state index is 0.697. The molecular formula is C54H35N3. The van der Waals surface area contributed by atoms with E-state index in [2.05, 4.69) is 199 Å². The van der Waals surface area contributed by atoms with Crippen LogP contribution in [0.4, 0.5) is 0 Å². The Kier molecular flexibility index (Phi) is 7.82. The zero-order chi connectivity index (χ0) is 37.7. The first-order valence-electron chi connectivity index (χ1n) is 19.4. The third-order valence-electron chi connectivity index (χ3n) is 11.2. The topological polar surface area (TPSA) is 30.7 Å². The monoisotopic (exact) mass is 725 g/mol. The van der Waals surface area contributed by atoms with Gasteiger partial charge in [0.15, 0.2) is 5.82 Å². The fourth-order valence-electron chi connectivity index (χ4n) is 8.63. The molecule has 266 valence electrons. The van der Waals surface area contributed by atoms with Crippen LogP contribution in [0.2, 0.25) is 0 Å². The van der Waals surface area contributed by atoms with Crippen LogP contribution in [0.15, 0.2) is 212 Å². The van der Waals surface area contributed by atoms with E-state index in [1.54, 1.807) is 0 Å². The summed E-state index contributed by atoms with van der Waals surface area (Å²) in [5.41, 5.74) is 13.1. The van der Waals surface area contributed by atoms with Crippen LogP contribution in [0.3, 0.4) is 0 Å². The van der Waals surface area contributed by atoms with Gasteiger partial charge in [-0.05, 0) is 74.1 Å². The normalized spacial score (nSPS) is 11.5. The molecule has 0 bridgehead atoms. The molecule has 0 unspecified atom stereocenters. The van der Waals surface area contributed by atoms with E-state index in [9.17, 15) is 0 Å². The van der Waals surface area contributed by atoms with E-state index in [0.717, 1.165) is 50.3 Å². The number of para-hydroxylation sites is 2. The SMILES string of the molecule is c1ccc(-c2nc(-c3ccc4ccccc4c3-c3ccccc3)cc(-c3ccc(-c4cccc(-n5c6ccccc6c6ccccc65)c4)c4ccccc34)n2)cc1. The third kappa shape index (κ3) is 5.60. The van der Waals surface area contributed by atoms with Crippen LogP contribution < -0.4 is 0 Å². The van der Waals surface area contributed by atoms with Gasteiger partial charge in [-0.2, -0.15) is 0 Å². The van der Waals surface area contributed by atoms with Gasteiger partial charge in [-0.1, -0.05) is 182 Å². The number of rotatable bonds is 6. The first-order chi connectivity index (χ1) is 28.3. The zero-order valence-electron chi connectivity index (χ0n) is 31.0. The number of nitrogens with zero attached hydrogens (tertiary/aromatic N) is 3. The van der Waals surface area contributed by atoms with Crippen molar-refractivity contribution in [3.63, 3.8) is 0 Å². The lowest BCUT2D eigenvalue weighted by Gasteiger charge is -2.17. The van der Waals surface area contributed by atoms with Gasteiger partial charge in [0.25, 0.3) is 0 Å². The van der Waals surface area contributed by atoms with E-state index in [4.69, 9.17) is 9.97 Å². The highest BCUT2D eigenvalue weighted by molar-refractivity contribution is 6.10. The molecule has 0 spiro atoms. The summed E-state index contributed by atoms with van der Waals surface area (Å²) in [6.07, 6.45) is 0. The van der Waals surface area contributed by atoms with Crippen molar-refractivity contribution in [2.24, 2.45) is 0 Å². The Morgan fingerprint density at radius 2 is 0.825 bits per heavy atom. The van der Waals surface area contributed by atoms with Gasteiger partial charge in [0.1, 0.15) is 0 Å². The molecule has 0 aliphatic heterocycles. The van der Waals surface area contributed by atoms with Crippen molar-refractivity contribution >= 4 is 43.4 Å². The van der Waals surface area contributed by atoms with Crippen molar-refractivity contribution in [2.75, 3.05) is 0 Å². The summed E-state index contributed by atoms with van der Waals surface area (Å²) in [6, 6.07) is 75.7. The highest BCUT2D eigenvalue weighted by Gasteiger charge is 2.19. The third-order valence-corrected chi connectivity index (χ3v) is 11.2. The summed E-state index contributed by atoms with van der Waals surface area (Å²) in [7, 11) is 0. The standard InChI is InChI=1S/C54H35N3/c1-3-17-37(18-4-1)53-42-23-8-7-16-36(42)30-31-48(53)50-35-49(55-54(56-50)38-19-5-2-6-20-38)45-33-32-41(43-24-9-10-25-44(43)45)39-21-15-22-40(34-39)57-51-28-13-11-26-46(51)47-27-12-14-29-52(47)57/h1-35H. The number of hydrogen-bond acceptors (Lipinski definition) is 2. The lowest BCUT2D eigenvalue weighted by Crippen LogP contribution is -1.98. The second kappa shape index (κ2) is 13.6. The number of aromatic nitrogens is 3. The van der Waals surface area contributed by atoms with Crippen molar-refractivity contribution in [1.29, 1.82) is 0 Å². The summed E-state index contributed by atoms with van der Waals surface area (Å²) in [6.45, 7) is 0. The fourth-order valence-corrected chi connectivity index (χ4v) is 8.63. The Hall–Kier alpha value is -7.62. The average molecular weight is 726 g/mol.